The van der Waals surface area contributed by atoms with Crippen LogP contribution in [0.1, 0.15) is 65.3 Å². The Hall–Kier alpha value is -1.39. The van der Waals surface area contributed by atoms with E-state index in [9.17, 15) is 4.79 Å². The van der Waals surface area contributed by atoms with Crippen molar-refractivity contribution in [2.75, 3.05) is 6.56 Å². The molecular formula is C21H32O3Si. The van der Waals surface area contributed by atoms with Crippen LogP contribution < -0.4 is 0 Å². The van der Waals surface area contributed by atoms with Crippen LogP contribution in [-0.4, -0.2) is 20.8 Å². The van der Waals surface area contributed by atoms with Crippen LogP contribution in [0.3, 0.4) is 0 Å². The Balaban J connectivity index is 2.04. The maximum Gasteiger partial charge on any atom is 0.339 e. The number of esters is 1. The molecule has 3 nitrogen and oxygen atoms in total. The second kappa shape index (κ2) is 7.46. The average molecular weight is 363 g/mol. The molecule has 2 rings (SSSR count). The van der Waals surface area contributed by atoms with Gasteiger partial charge in [-0.15, -0.1) is 0 Å². The van der Waals surface area contributed by atoms with Crippen molar-refractivity contribution >= 4 is 14.3 Å². The standard InChI is InChI=1S/C21H32O3Si/c1-15(2)21(4,5)25(6,7)23-14-16(3)12-13-19-17-10-8-9-11-18(17)20(22)24-19/h8-11,15,19H,3,12-14H2,1-2,4-7H3/i14D2. The van der Waals surface area contributed by atoms with Crippen LogP contribution in [0.4, 0.5) is 0 Å². The Bertz CT molecular complexity index is 726. The van der Waals surface area contributed by atoms with Gasteiger partial charge in [0, 0.05) is 5.56 Å². The number of cyclic esters (lactones) is 1. The first-order valence-electron chi connectivity index (χ1n) is 9.98. The van der Waals surface area contributed by atoms with Crippen LogP contribution in [0.15, 0.2) is 36.4 Å². The lowest BCUT2D eigenvalue weighted by atomic mass is 9.99. The van der Waals surface area contributed by atoms with Gasteiger partial charge in [-0.05, 0) is 43.0 Å². The normalized spacial score (nSPS) is 19.3. The zero-order valence-electron chi connectivity index (χ0n) is 18.3. The molecule has 1 aliphatic rings. The maximum atomic E-state index is 11.9. The molecule has 0 saturated carbocycles. The van der Waals surface area contributed by atoms with Crippen molar-refractivity contribution in [2.45, 2.75) is 64.8 Å². The molecule has 1 aromatic carbocycles. The van der Waals surface area contributed by atoms with Crippen molar-refractivity contribution in [1.82, 2.24) is 0 Å². The van der Waals surface area contributed by atoms with Crippen LogP contribution in [-0.2, 0) is 9.16 Å². The predicted molar refractivity (Wildman–Crippen MR) is 105 cm³/mol. The van der Waals surface area contributed by atoms with E-state index in [4.69, 9.17) is 11.9 Å². The molecule has 0 aliphatic carbocycles. The fourth-order valence-electron chi connectivity index (χ4n) is 2.82. The Morgan fingerprint density at radius 1 is 1.40 bits per heavy atom. The molecule has 138 valence electrons. The summed E-state index contributed by atoms with van der Waals surface area (Å²) in [6, 6.07) is 7.35. The van der Waals surface area contributed by atoms with E-state index in [1.807, 2.05) is 18.2 Å². The molecule has 0 bridgehead atoms. The molecule has 0 fully saturated rings. The molecule has 0 N–H and O–H groups in total. The zero-order chi connectivity index (χ0) is 20.6. The zero-order valence-corrected chi connectivity index (χ0v) is 17.3. The number of hydrogen-bond donors (Lipinski definition) is 0. The Labute approximate surface area is 156 Å². The van der Waals surface area contributed by atoms with Crippen LogP contribution in [0.5, 0.6) is 0 Å². The summed E-state index contributed by atoms with van der Waals surface area (Å²) in [7, 11) is -2.34. The van der Waals surface area contributed by atoms with Crippen LogP contribution in [0, 0.1) is 5.92 Å². The van der Waals surface area contributed by atoms with Crippen molar-refractivity contribution in [2.24, 2.45) is 5.92 Å². The summed E-state index contributed by atoms with van der Waals surface area (Å²) in [5.74, 6) is 0.0744. The van der Waals surface area contributed by atoms with Crippen molar-refractivity contribution in [3.8, 4) is 0 Å². The Morgan fingerprint density at radius 3 is 2.68 bits per heavy atom. The van der Waals surface area contributed by atoms with E-state index >= 15 is 0 Å². The maximum absolute atomic E-state index is 11.9. The minimum Gasteiger partial charge on any atom is -0.454 e. The molecule has 4 heteroatoms. The lowest BCUT2D eigenvalue weighted by Gasteiger charge is -2.42. The monoisotopic (exact) mass is 362 g/mol. The Kier molecular flexibility index (Phi) is 5.09. The third-order valence-corrected chi connectivity index (χ3v) is 10.2. The second-order valence-electron chi connectivity index (χ2n) is 8.21. The minimum atomic E-state index is -2.34. The Morgan fingerprint density at radius 2 is 2.04 bits per heavy atom. The predicted octanol–water partition coefficient (Wildman–Crippen LogP) is 5.89. The van der Waals surface area contributed by atoms with Crippen LogP contribution in [0.2, 0.25) is 18.1 Å². The van der Waals surface area contributed by atoms with Gasteiger partial charge in [0.15, 0.2) is 8.32 Å². The van der Waals surface area contributed by atoms with Gasteiger partial charge in [-0.3, -0.25) is 0 Å². The molecule has 0 saturated heterocycles. The highest BCUT2D eigenvalue weighted by Gasteiger charge is 2.43. The van der Waals surface area contributed by atoms with E-state index in [-0.39, 0.29) is 17.1 Å². The van der Waals surface area contributed by atoms with E-state index in [0.29, 0.717) is 29.9 Å². The highest BCUT2D eigenvalue weighted by atomic mass is 28.4. The summed E-state index contributed by atoms with van der Waals surface area (Å²) in [5.41, 5.74) is 1.86. The quantitative estimate of drug-likeness (QED) is 0.328. The fourth-order valence-corrected chi connectivity index (χ4v) is 4.87. The van der Waals surface area contributed by atoms with Crippen LogP contribution >= 0.6 is 0 Å². The van der Waals surface area contributed by atoms with Crippen molar-refractivity contribution in [3.05, 3.63) is 47.5 Å². The van der Waals surface area contributed by atoms with Crippen molar-refractivity contribution in [1.29, 1.82) is 0 Å². The molecule has 1 unspecified atom stereocenters. The van der Waals surface area contributed by atoms with Crippen molar-refractivity contribution < 1.29 is 16.7 Å². The molecule has 1 atom stereocenters. The van der Waals surface area contributed by atoms with Gasteiger partial charge in [0.25, 0.3) is 0 Å². The van der Waals surface area contributed by atoms with Gasteiger partial charge >= 0.3 is 5.97 Å². The van der Waals surface area contributed by atoms with E-state index < -0.39 is 14.9 Å². The SMILES string of the molecule is [2H]C([2H])(O[Si](C)(C)C(C)(C)C(C)C)C(=C)CCC1OC(=O)c2ccccc21. The van der Waals surface area contributed by atoms with E-state index in [2.05, 4.69) is 47.4 Å². The molecular weight excluding hydrogens is 328 g/mol. The number of carbonyl (C=O) groups excluding carboxylic acids is 1. The number of ether oxygens (including phenoxy) is 1. The van der Waals surface area contributed by atoms with Gasteiger partial charge in [-0.1, -0.05) is 58.0 Å². The number of hydrogen-bond acceptors (Lipinski definition) is 3. The van der Waals surface area contributed by atoms with Crippen LogP contribution in [0.25, 0.3) is 0 Å². The van der Waals surface area contributed by atoms with E-state index in [0.717, 1.165) is 5.56 Å². The summed E-state index contributed by atoms with van der Waals surface area (Å²) in [6.07, 6.45) is 0.546. The summed E-state index contributed by atoms with van der Waals surface area (Å²) in [4.78, 5) is 11.9. The molecule has 1 aromatic rings. The molecule has 1 heterocycles. The summed E-state index contributed by atoms with van der Waals surface area (Å²) in [5, 5.41) is -0.0828. The van der Waals surface area contributed by atoms with E-state index in [1.54, 1.807) is 6.07 Å². The second-order valence-corrected chi connectivity index (χ2v) is 12.7. The van der Waals surface area contributed by atoms with Crippen molar-refractivity contribution in [3.63, 3.8) is 0 Å². The molecule has 0 amide bonds. The van der Waals surface area contributed by atoms with Gasteiger partial charge in [0.2, 0.25) is 0 Å². The summed E-state index contributed by atoms with van der Waals surface area (Å²) < 4.78 is 28.4. The topological polar surface area (TPSA) is 35.5 Å². The number of fused-ring (bicyclic) bond motifs is 1. The van der Waals surface area contributed by atoms with Gasteiger partial charge in [-0.2, -0.15) is 0 Å². The minimum absolute atomic E-state index is 0.0828. The third-order valence-electron chi connectivity index (χ3n) is 5.93. The molecule has 25 heavy (non-hydrogen) atoms. The summed E-state index contributed by atoms with van der Waals surface area (Å²) in [6.45, 7) is 14.8. The number of benzene rings is 1. The van der Waals surface area contributed by atoms with Gasteiger partial charge in [-0.25, -0.2) is 4.79 Å². The highest BCUT2D eigenvalue weighted by Crippen LogP contribution is 2.44. The first-order chi connectivity index (χ1) is 12.3. The molecule has 0 spiro atoms. The largest absolute Gasteiger partial charge is 0.454 e. The molecule has 0 aromatic heterocycles. The molecule has 0 radical (unpaired) electrons. The smallest absolute Gasteiger partial charge is 0.339 e. The lowest BCUT2D eigenvalue weighted by Crippen LogP contribution is -2.45. The fraction of sp³-hybridized carbons (Fsp3) is 0.571. The lowest BCUT2D eigenvalue weighted by molar-refractivity contribution is 0.0368. The van der Waals surface area contributed by atoms with Gasteiger partial charge in [0.1, 0.15) is 6.10 Å². The summed E-state index contributed by atoms with van der Waals surface area (Å²) >= 11 is 0. The highest BCUT2D eigenvalue weighted by molar-refractivity contribution is 6.74. The van der Waals surface area contributed by atoms with Gasteiger partial charge < -0.3 is 9.16 Å². The number of carbonyl (C=O) groups is 1. The third kappa shape index (κ3) is 4.24. The van der Waals surface area contributed by atoms with Gasteiger partial charge in [0.05, 0.1) is 14.9 Å². The average Bonchev–Trinajstić information content (AvgIpc) is 2.88. The first kappa shape index (κ1) is 17.0. The molecule has 1 aliphatic heterocycles. The van der Waals surface area contributed by atoms with E-state index in [1.165, 1.54) is 0 Å². The first-order valence-corrected chi connectivity index (χ1v) is 11.9. The number of rotatable bonds is 8.